The molecule has 0 aliphatic rings. The van der Waals surface area contributed by atoms with Crippen LogP contribution in [-0.4, -0.2) is 28.7 Å². The number of nitrogens with one attached hydrogen (secondary N) is 1. The Morgan fingerprint density at radius 1 is 0.964 bits per heavy atom. The van der Waals surface area contributed by atoms with Crippen molar-refractivity contribution in [2.24, 2.45) is 0 Å². The molecule has 0 radical (unpaired) electrons. The highest BCUT2D eigenvalue weighted by molar-refractivity contribution is 7.89. The van der Waals surface area contributed by atoms with Crippen LogP contribution in [0.3, 0.4) is 0 Å². The van der Waals surface area contributed by atoms with Crippen molar-refractivity contribution in [1.29, 1.82) is 0 Å². The van der Waals surface area contributed by atoms with Gasteiger partial charge in [0, 0.05) is 6.04 Å². The highest BCUT2D eigenvalue weighted by Crippen LogP contribution is 2.37. The van der Waals surface area contributed by atoms with Crippen LogP contribution in [0.25, 0.3) is 0 Å². The Morgan fingerprint density at radius 3 is 2.18 bits per heavy atom. The highest BCUT2D eigenvalue weighted by atomic mass is 35.5. The number of halogens is 2. The van der Waals surface area contributed by atoms with Crippen molar-refractivity contribution in [1.82, 2.24) is 4.72 Å². The van der Waals surface area contributed by atoms with Crippen LogP contribution in [0.4, 0.5) is 0 Å². The fourth-order valence-electron chi connectivity index (χ4n) is 2.58. The summed E-state index contributed by atoms with van der Waals surface area (Å²) in [6.45, 7) is 6.43. The zero-order chi connectivity index (χ0) is 20.9. The van der Waals surface area contributed by atoms with Gasteiger partial charge in [0.25, 0.3) is 0 Å². The molecule has 154 valence electrons. The Balaban J connectivity index is 2.32. The first-order valence-corrected chi connectivity index (χ1v) is 10.9. The van der Waals surface area contributed by atoms with Gasteiger partial charge in [0.1, 0.15) is 15.7 Å². The lowest BCUT2D eigenvalue weighted by atomic mass is 10.1. The van der Waals surface area contributed by atoms with Crippen molar-refractivity contribution in [2.75, 3.05) is 20.3 Å². The third-order valence-electron chi connectivity index (χ3n) is 3.92. The third-order valence-corrected chi connectivity index (χ3v) is 6.48. The molecule has 0 aliphatic carbocycles. The van der Waals surface area contributed by atoms with E-state index in [1.807, 2.05) is 13.8 Å². The Morgan fingerprint density at radius 2 is 1.57 bits per heavy atom. The van der Waals surface area contributed by atoms with Crippen molar-refractivity contribution < 1.29 is 22.6 Å². The minimum atomic E-state index is -3.93. The van der Waals surface area contributed by atoms with Crippen LogP contribution in [0.5, 0.6) is 17.2 Å². The maximum absolute atomic E-state index is 12.8. The van der Waals surface area contributed by atoms with Crippen molar-refractivity contribution in [3.05, 3.63) is 45.9 Å². The minimum Gasteiger partial charge on any atom is -0.495 e. The Labute approximate surface area is 175 Å². The molecule has 2 aromatic carbocycles. The minimum absolute atomic E-state index is 0.0411. The lowest BCUT2D eigenvalue weighted by molar-refractivity contribution is 0.287. The van der Waals surface area contributed by atoms with E-state index in [0.29, 0.717) is 36.0 Å². The van der Waals surface area contributed by atoms with Gasteiger partial charge in [0.2, 0.25) is 10.0 Å². The Bertz CT molecular complexity index is 934. The quantitative estimate of drug-likeness (QED) is 0.595. The van der Waals surface area contributed by atoms with Crippen molar-refractivity contribution in [3.8, 4) is 17.2 Å². The molecule has 1 atom stereocenters. The van der Waals surface area contributed by atoms with Gasteiger partial charge in [-0.2, -0.15) is 0 Å². The average molecular weight is 448 g/mol. The SMILES string of the molecule is CCOc1ccc(C(C)NS(=O)(=O)c2ccc(OC)c(Cl)c2Cl)cc1OCC. The molecule has 1 unspecified atom stereocenters. The zero-order valence-electron chi connectivity index (χ0n) is 16.1. The summed E-state index contributed by atoms with van der Waals surface area (Å²) in [7, 11) is -2.50. The molecule has 0 bridgehead atoms. The summed E-state index contributed by atoms with van der Waals surface area (Å²) in [5.41, 5.74) is 0.714. The lowest BCUT2D eigenvalue weighted by Gasteiger charge is -2.18. The van der Waals surface area contributed by atoms with Gasteiger partial charge < -0.3 is 14.2 Å². The highest BCUT2D eigenvalue weighted by Gasteiger charge is 2.24. The van der Waals surface area contributed by atoms with Gasteiger partial charge in [-0.3, -0.25) is 0 Å². The monoisotopic (exact) mass is 447 g/mol. The first kappa shape index (κ1) is 22.6. The normalized spacial score (nSPS) is 12.5. The number of benzene rings is 2. The lowest BCUT2D eigenvalue weighted by Crippen LogP contribution is -2.27. The van der Waals surface area contributed by atoms with Crippen LogP contribution in [0.15, 0.2) is 35.2 Å². The standard InChI is InChI=1S/C19H23Cl2NO5S/c1-5-26-14-8-7-13(11-16(14)27-6-2)12(3)22-28(23,24)17-10-9-15(25-4)18(20)19(17)21/h7-12,22H,5-6H2,1-4H3. The first-order valence-electron chi connectivity index (χ1n) is 8.69. The molecule has 0 aliphatic heterocycles. The zero-order valence-corrected chi connectivity index (χ0v) is 18.4. The predicted octanol–water partition coefficient (Wildman–Crippen LogP) is 4.84. The molecule has 0 spiro atoms. The molecule has 0 heterocycles. The molecule has 2 rings (SSSR count). The van der Waals surface area contributed by atoms with E-state index in [1.165, 1.54) is 19.2 Å². The van der Waals surface area contributed by atoms with E-state index in [4.69, 9.17) is 37.4 Å². The van der Waals surface area contributed by atoms with Gasteiger partial charge in [0.15, 0.2) is 11.5 Å². The molecule has 1 N–H and O–H groups in total. The molecule has 0 saturated heterocycles. The van der Waals surface area contributed by atoms with Crippen LogP contribution in [-0.2, 0) is 10.0 Å². The second-order valence-corrected chi connectivity index (χ2v) is 8.25. The van der Waals surface area contributed by atoms with Gasteiger partial charge >= 0.3 is 0 Å². The summed E-state index contributed by atoms with van der Waals surface area (Å²) >= 11 is 12.2. The summed E-state index contributed by atoms with van der Waals surface area (Å²) in [4.78, 5) is -0.122. The number of ether oxygens (including phenoxy) is 3. The Kier molecular flexibility index (Phi) is 7.83. The van der Waals surface area contributed by atoms with E-state index >= 15 is 0 Å². The van der Waals surface area contributed by atoms with Crippen molar-refractivity contribution in [3.63, 3.8) is 0 Å². The fourth-order valence-corrected chi connectivity index (χ4v) is 4.65. The third kappa shape index (κ3) is 5.03. The number of rotatable bonds is 9. The van der Waals surface area contributed by atoms with Gasteiger partial charge in [-0.25, -0.2) is 13.1 Å². The summed E-state index contributed by atoms with van der Waals surface area (Å²) in [5.74, 6) is 1.46. The fraction of sp³-hybridized carbons (Fsp3) is 0.368. The van der Waals surface area contributed by atoms with E-state index < -0.39 is 16.1 Å². The smallest absolute Gasteiger partial charge is 0.242 e. The van der Waals surface area contributed by atoms with Crippen LogP contribution in [0.1, 0.15) is 32.4 Å². The Hall–Kier alpha value is -1.67. The predicted molar refractivity (Wildman–Crippen MR) is 111 cm³/mol. The molecule has 0 aromatic heterocycles. The van der Waals surface area contributed by atoms with E-state index in [9.17, 15) is 8.42 Å². The van der Waals surface area contributed by atoms with Gasteiger partial charge in [0.05, 0.1) is 25.3 Å². The van der Waals surface area contributed by atoms with Gasteiger partial charge in [-0.1, -0.05) is 29.3 Å². The van der Waals surface area contributed by atoms with Gasteiger partial charge in [-0.05, 0) is 50.6 Å². The van der Waals surface area contributed by atoms with Crippen LogP contribution >= 0.6 is 23.2 Å². The number of sulfonamides is 1. The number of methoxy groups -OCH3 is 1. The number of hydrogen-bond donors (Lipinski definition) is 1. The van der Waals surface area contributed by atoms with E-state index in [0.717, 1.165) is 0 Å². The van der Waals surface area contributed by atoms with Gasteiger partial charge in [-0.15, -0.1) is 0 Å². The maximum atomic E-state index is 12.8. The molecule has 2 aromatic rings. The van der Waals surface area contributed by atoms with Crippen molar-refractivity contribution in [2.45, 2.75) is 31.7 Å². The van der Waals surface area contributed by atoms with Crippen molar-refractivity contribution >= 4 is 33.2 Å². The maximum Gasteiger partial charge on any atom is 0.242 e. The number of hydrogen-bond acceptors (Lipinski definition) is 5. The molecule has 0 amide bonds. The molecule has 6 nitrogen and oxygen atoms in total. The van der Waals surface area contributed by atoms with E-state index in [-0.39, 0.29) is 14.9 Å². The summed E-state index contributed by atoms with van der Waals surface area (Å²) in [5, 5.41) is -0.0539. The summed E-state index contributed by atoms with van der Waals surface area (Å²) in [6, 6.07) is 7.56. The summed E-state index contributed by atoms with van der Waals surface area (Å²) in [6.07, 6.45) is 0. The van der Waals surface area contributed by atoms with Crippen LogP contribution in [0.2, 0.25) is 10.0 Å². The van der Waals surface area contributed by atoms with Crippen LogP contribution < -0.4 is 18.9 Å². The largest absolute Gasteiger partial charge is 0.495 e. The molecular weight excluding hydrogens is 425 g/mol. The van der Waals surface area contributed by atoms with E-state index in [2.05, 4.69) is 4.72 Å². The topological polar surface area (TPSA) is 73.9 Å². The van der Waals surface area contributed by atoms with Crippen LogP contribution in [0, 0.1) is 0 Å². The molecule has 9 heteroatoms. The second-order valence-electron chi connectivity index (χ2n) is 5.81. The molecular formula is C19H23Cl2NO5S. The molecule has 0 saturated carbocycles. The molecule has 0 fully saturated rings. The summed E-state index contributed by atoms with van der Waals surface area (Å²) < 4.78 is 44.4. The van der Waals surface area contributed by atoms with E-state index in [1.54, 1.807) is 25.1 Å². The first-order chi connectivity index (χ1) is 13.2. The molecule has 28 heavy (non-hydrogen) atoms. The average Bonchev–Trinajstić information content (AvgIpc) is 2.65. The second kappa shape index (κ2) is 9.69.